The number of esters is 1. The Balaban J connectivity index is 2.06. The Morgan fingerprint density at radius 2 is 2.00 bits per heavy atom. The molecule has 0 N–H and O–H groups in total. The minimum absolute atomic E-state index is 0.158. The topological polar surface area (TPSA) is 83.5 Å². The van der Waals surface area contributed by atoms with Crippen molar-refractivity contribution in [1.82, 2.24) is 0 Å². The maximum absolute atomic E-state index is 12.8. The molecule has 1 saturated carbocycles. The Labute approximate surface area is 96.2 Å². The predicted octanol–water partition coefficient (Wildman–Crippen LogP) is 0.632. The maximum Gasteiger partial charge on any atom is 0.428 e. The summed E-state index contributed by atoms with van der Waals surface area (Å²) >= 11 is 0. The van der Waals surface area contributed by atoms with Crippen LogP contribution in [0.25, 0.3) is 0 Å². The van der Waals surface area contributed by atoms with E-state index in [0.717, 1.165) is 0 Å². The van der Waals surface area contributed by atoms with Crippen LogP contribution < -0.4 is 0 Å². The van der Waals surface area contributed by atoms with Gasteiger partial charge in [0.05, 0.1) is 0 Å². The Morgan fingerprint density at radius 1 is 1.35 bits per heavy atom. The number of carbonyl (C=O) groups is 1. The second-order valence-corrected chi connectivity index (χ2v) is 5.62. The highest BCUT2D eigenvalue weighted by Gasteiger charge is 2.51. The Morgan fingerprint density at radius 3 is 2.41 bits per heavy atom. The standard InChI is InChI=1S/C9H10F2O5S/c10-9(11,17(13,14)15)8(12)16-7-4-5-1-2-6(7)3-5/h1-2,5-7H,3-4H2,(H,13,14,15)/p-1. The number of hydrogen-bond acceptors (Lipinski definition) is 5. The van der Waals surface area contributed by atoms with Crippen LogP contribution in [0.15, 0.2) is 12.2 Å². The fraction of sp³-hybridized carbons (Fsp3) is 0.667. The highest BCUT2D eigenvalue weighted by Crippen LogP contribution is 2.41. The molecule has 0 aliphatic heterocycles. The molecule has 5 nitrogen and oxygen atoms in total. The molecule has 2 rings (SSSR count). The Kier molecular flexibility index (Phi) is 2.74. The first-order valence-corrected chi connectivity index (χ1v) is 6.35. The summed E-state index contributed by atoms with van der Waals surface area (Å²) in [5, 5.41) is -5.02. The van der Waals surface area contributed by atoms with Crippen molar-refractivity contribution in [2.45, 2.75) is 24.2 Å². The normalized spacial score (nSPS) is 31.8. The van der Waals surface area contributed by atoms with E-state index in [1.54, 1.807) is 6.08 Å². The van der Waals surface area contributed by atoms with Crippen molar-refractivity contribution in [1.29, 1.82) is 0 Å². The molecule has 2 aliphatic rings. The molecule has 0 heterocycles. The van der Waals surface area contributed by atoms with Crippen LogP contribution in [0.5, 0.6) is 0 Å². The molecule has 0 spiro atoms. The van der Waals surface area contributed by atoms with Crippen LogP contribution in [0.1, 0.15) is 12.8 Å². The highest BCUT2D eigenvalue weighted by atomic mass is 32.2. The van der Waals surface area contributed by atoms with Gasteiger partial charge in [-0.2, -0.15) is 8.78 Å². The minimum atomic E-state index is -6.03. The zero-order valence-corrected chi connectivity index (χ0v) is 9.32. The average Bonchev–Trinajstić information content (AvgIpc) is 2.76. The van der Waals surface area contributed by atoms with Crippen molar-refractivity contribution >= 4 is 16.1 Å². The van der Waals surface area contributed by atoms with Gasteiger partial charge in [0.1, 0.15) is 6.10 Å². The SMILES string of the molecule is O=C(OC1CC2C=CC1C2)C(F)(F)S(=O)(=O)[O-]. The highest BCUT2D eigenvalue weighted by molar-refractivity contribution is 7.87. The van der Waals surface area contributed by atoms with Crippen molar-refractivity contribution in [3.8, 4) is 0 Å². The quantitative estimate of drug-likeness (QED) is 0.425. The van der Waals surface area contributed by atoms with E-state index >= 15 is 0 Å². The number of allylic oxidation sites excluding steroid dienone is 1. The fourth-order valence-electron chi connectivity index (χ4n) is 2.17. The van der Waals surface area contributed by atoms with E-state index in [4.69, 9.17) is 0 Å². The Hall–Kier alpha value is -1.02. The van der Waals surface area contributed by atoms with Gasteiger partial charge in [0.25, 0.3) is 0 Å². The summed E-state index contributed by atoms with van der Waals surface area (Å²) in [4.78, 5) is 11.0. The van der Waals surface area contributed by atoms with Gasteiger partial charge < -0.3 is 9.29 Å². The molecule has 3 atom stereocenters. The Bertz CT molecular complexity index is 470. The van der Waals surface area contributed by atoms with Crippen LogP contribution in [0.4, 0.5) is 8.78 Å². The minimum Gasteiger partial charge on any atom is -0.743 e. The molecule has 0 radical (unpaired) electrons. The molecule has 0 aromatic rings. The average molecular weight is 267 g/mol. The van der Waals surface area contributed by atoms with E-state index in [0.29, 0.717) is 12.8 Å². The van der Waals surface area contributed by atoms with Gasteiger partial charge in [-0.1, -0.05) is 12.2 Å². The van der Waals surface area contributed by atoms with Gasteiger partial charge in [0, 0.05) is 5.92 Å². The first kappa shape index (κ1) is 12.4. The lowest BCUT2D eigenvalue weighted by atomic mass is 10.0. The zero-order chi connectivity index (χ0) is 12.8. The second kappa shape index (κ2) is 3.74. The first-order chi connectivity index (χ1) is 7.72. The molecule has 0 aromatic heterocycles. The number of carbonyl (C=O) groups excluding carboxylic acids is 1. The summed E-state index contributed by atoms with van der Waals surface area (Å²) in [6.45, 7) is 0. The summed E-state index contributed by atoms with van der Waals surface area (Å²) in [5.41, 5.74) is 0. The van der Waals surface area contributed by atoms with E-state index in [1.165, 1.54) is 0 Å². The third-order valence-corrected chi connectivity index (χ3v) is 3.82. The third kappa shape index (κ3) is 2.06. The van der Waals surface area contributed by atoms with Crippen LogP contribution in [-0.2, 0) is 19.6 Å². The van der Waals surface area contributed by atoms with Gasteiger partial charge in [-0.3, -0.25) is 0 Å². The van der Waals surface area contributed by atoms with Crippen molar-refractivity contribution < 1.29 is 31.3 Å². The van der Waals surface area contributed by atoms with Crippen LogP contribution >= 0.6 is 0 Å². The lowest BCUT2D eigenvalue weighted by molar-refractivity contribution is -0.168. The fourth-order valence-corrected chi connectivity index (χ4v) is 2.43. The zero-order valence-electron chi connectivity index (χ0n) is 8.51. The van der Waals surface area contributed by atoms with Crippen molar-refractivity contribution in [3.05, 3.63) is 12.2 Å². The summed E-state index contributed by atoms with van der Waals surface area (Å²) in [6.07, 6.45) is 3.98. The van der Waals surface area contributed by atoms with Gasteiger partial charge >= 0.3 is 11.2 Å². The maximum atomic E-state index is 12.8. The van der Waals surface area contributed by atoms with Gasteiger partial charge in [-0.15, -0.1) is 0 Å². The van der Waals surface area contributed by atoms with E-state index in [1.807, 2.05) is 6.08 Å². The van der Waals surface area contributed by atoms with Crippen molar-refractivity contribution in [2.24, 2.45) is 11.8 Å². The molecular weight excluding hydrogens is 258 g/mol. The lowest BCUT2D eigenvalue weighted by Crippen LogP contribution is -2.41. The number of alkyl halides is 2. The largest absolute Gasteiger partial charge is 0.743 e. The van der Waals surface area contributed by atoms with Crippen LogP contribution in [-0.4, -0.2) is 30.3 Å². The second-order valence-electron chi connectivity index (χ2n) is 4.19. The van der Waals surface area contributed by atoms with E-state index in [2.05, 4.69) is 4.74 Å². The van der Waals surface area contributed by atoms with Crippen LogP contribution in [0, 0.1) is 11.8 Å². The van der Waals surface area contributed by atoms with E-state index in [9.17, 15) is 26.5 Å². The summed E-state index contributed by atoms with van der Waals surface area (Å²) in [6, 6.07) is 0. The molecule has 8 heteroatoms. The number of ether oxygens (including phenoxy) is 1. The molecule has 1 fully saturated rings. The molecule has 3 unspecified atom stereocenters. The molecule has 0 saturated heterocycles. The van der Waals surface area contributed by atoms with Crippen molar-refractivity contribution in [2.75, 3.05) is 0 Å². The molecule has 0 aromatic carbocycles. The van der Waals surface area contributed by atoms with Gasteiger partial charge in [0.15, 0.2) is 10.1 Å². The number of hydrogen-bond donors (Lipinski definition) is 0. The summed E-state index contributed by atoms with van der Waals surface area (Å²) < 4.78 is 60.7. The molecule has 17 heavy (non-hydrogen) atoms. The van der Waals surface area contributed by atoms with Gasteiger partial charge in [-0.25, -0.2) is 13.2 Å². The van der Waals surface area contributed by atoms with E-state index < -0.39 is 27.4 Å². The van der Waals surface area contributed by atoms with Crippen LogP contribution in [0.2, 0.25) is 0 Å². The number of fused-ring (bicyclic) bond motifs is 2. The monoisotopic (exact) mass is 267 g/mol. The van der Waals surface area contributed by atoms with E-state index in [-0.39, 0.29) is 11.8 Å². The number of halogens is 2. The van der Waals surface area contributed by atoms with Crippen molar-refractivity contribution in [3.63, 3.8) is 0 Å². The molecule has 96 valence electrons. The molecular formula is C9H9F2O5S-. The molecule has 2 aliphatic carbocycles. The first-order valence-electron chi connectivity index (χ1n) is 4.94. The van der Waals surface area contributed by atoms with Crippen LogP contribution in [0.3, 0.4) is 0 Å². The summed E-state index contributed by atoms with van der Waals surface area (Å²) in [5.74, 6) is -2.26. The van der Waals surface area contributed by atoms with Gasteiger partial charge in [0.2, 0.25) is 0 Å². The third-order valence-electron chi connectivity index (χ3n) is 3.03. The lowest BCUT2D eigenvalue weighted by Gasteiger charge is -2.23. The number of rotatable bonds is 3. The molecule has 0 amide bonds. The molecule has 2 bridgehead atoms. The predicted molar refractivity (Wildman–Crippen MR) is 49.9 cm³/mol. The smallest absolute Gasteiger partial charge is 0.428 e. The van der Waals surface area contributed by atoms with Gasteiger partial charge in [-0.05, 0) is 18.8 Å². The summed E-state index contributed by atoms with van der Waals surface area (Å²) in [7, 11) is -6.03.